The zero-order chi connectivity index (χ0) is 12.1. The Morgan fingerprint density at radius 3 is 2.59 bits per heavy atom. The molecule has 2 nitrogen and oxygen atoms in total. The molecule has 0 amide bonds. The van der Waals surface area contributed by atoms with E-state index in [1.165, 1.54) is 18.3 Å². The summed E-state index contributed by atoms with van der Waals surface area (Å²) in [5, 5.41) is 8.60. The summed E-state index contributed by atoms with van der Waals surface area (Å²) < 4.78 is 12.9. The molecule has 2 rings (SSSR count). The second-order valence-electron chi connectivity index (χ2n) is 3.30. The van der Waals surface area contributed by atoms with E-state index in [1.54, 1.807) is 24.3 Å². The molecule has 0 fully saturated rings. The van der Waals surface area contributed by atoms with Crippen LogP contribution in [0.25, 0.3) is 0 Å². The first-order chi connectivity index (χ1) is 8.28. The highest BCUT2D eigenvalue weighted by atomic mass is 19.1. The molecular formula is C14H7FN2. The number of rotatable bonds is 0. The van der Waals surface area contributed by atoms with Crippen molar-refractivity contribution in [3.8, 4) is 17.9 Å². The lowest BCUT2D eigenvalue weighted by Crippen LogP contribution is -1.83. The standard InChI is InChI=1S/C14H7FN2/c15-13-3-1-2-11(8-13)4-6-14-7-5-12(9-16)10-17-14/h1-3,5,7-8,10H. The van der Waals surface area contributed by atoms with Crippen LogP contribution in [0.2, 0.25) is 0 Å². The molecule has 0 aliphatic rings. The molecule has 0 N–H and O–H groups in total. The summed E-state index contributed by atoms with van der Waals surface area (Å²) in [6, 6.07) is 11.3. The van der Waals surface area contributed by atoms with Crippen molar-refractivity contribution in [3.05, 3.63) is 65.2 Å². The quantitative estimate of drug-likeness (QED) is 0.642. The van der Waals surface area contributed by atoms with Gasteiger partial charge in [-0.05, 0) is 36.3 Å². The smallest absolute Gasteiger partial charge is 0.124 e. The van der Waals surface area contributed by atoms with E-state index >= 15 is 0 Å². The third kappa shape index (κ3) is 2.90. The first kappa shape index (κ1) is 10.9. The van der Waals surface area contributed by atoms with Crippen LogP contribution in [0.15, 0.2) is 42.6 Å². The summed E-state index contributed by atoms with van der Waals surface area (Å²) in [5.74, 6) is 5.29. The summed E-state index contributed by atoms with van der Waals surface area (Å²) in [7, 11) is 0. The van der Waals surface area contributed by atoms with Crippen LogP contribution in [0.1, 0.15) is 16.8 Å². The third-order valence-electron chi connectivity index (χ3n) is 2.05. The van der Waals surface area contributed by atoms with Gasteiger partial charge >= 0.3 is 0 Å². The summed E-state index contributed by atoms with van der Waals surface area (Å²) in [6.45, 7) is 0. The summed E-state index contributed by atoms with van der Waals surface area (Å²) in [6.07, 6.45) is 1.45. The Kier molecular flexibility index (Phi) is 3.14. The largest absolute Gasteiger partial charge is 0.246 e. The van der Waals surface area contributed by atoms with Crippen LogP contribution in [0.4, 0.5) is 4.39 Å². The maximum Gasteiger partial charge on any atom is 0.124 e. The van der Waals surface area contributed by atoms with Gasteiger partial charge < -0.3 is 0 Å². The minimum Gasteiger partial charge on any atom is -0.246 e. The van der Waals surface area contributed by atoms with E-state index in [0.717, 1.165) is 0 Å². The van der Waals surface area contributed by atoms with E-state index in [2.05, 4.69) is 16.8 Å². The van der Waals surface area contributed by atoms with Crippen molar-refractivity contribution >= 4 is 0 Å². The van der Waals surface area contributed by atoms with Gasteiger partial charge in [-0.3, -0.25) is 0 Å². The van der Waals surface area contributed by atoms with Crippen LogP contribution in [-0.2, 0) is 0 Å². The second kappa shape index (κ2) is 4.92. The fraction of sp³-hybridized carbons (Fsp3) is 0. The number of nitrogens with zero attached hydrogens (tertiary/aromatic N) is 2. The van der Waals surface area contributed by atoms with Crippen LogP contribution in [0.3, 0.4) is 0 Å². The van der Waals surface area contributed by atoms with Crippen LogP contribution in [0.5, 0.6) is 0 Å². The zero-order valence-corrected chi connectivity index (χ0v) is 8.81. The molecule has 1 aromatic heterocycles. The Balaban J connectivity index is 2.24. The molecule has 2 aromatic rings. The van der Waals surface area contributed by atoms with Gasteiger partial charge in [-0.1, -0.05) is 12.0 Å². The van der Waals surface area contributed by atoms with Crippen molar-refractivity contribution in [2.75, 3.05) is 0 Å². The number of halogens is 1. The molecule has 0 aliphatic heterocycles. The van der Waals surface area contributed by atoms with Crippen molar-refractivity contribution in [1.29, 1.82) is 5.26 Å². The third-order valence-corrected chi connectivity index (χ3v) is 2.05. The lowest BCUT2D eigenvalue weighted by atomic mass is 10.2. The second-order valence-corrected chi connectivity index (χ2v) is 3.30. The van der Waals surface area contributed by atoms with Crippen LogP contribution >= 0.6 is 0 Å². The maximum atomic E-state index is 12.9. The first-order valence-electron chi connectivity index (χ1n) is 4.92. The molecule has 17 heavy (non-hydrogen) atoms. The molecule has 80 valence electrons. The fourth-order valence-corrected chi connectivity index (χ4v) is 1.24. The van der Waals surface area contributed by atoms with Gasteiger partial charge in [-0.25, -0.2) is 9.37 Å². The molecule has 0 unspecified atom stereocenters. The molecular weight excluding hydrogens is 215 g/mol. The zero-order valence-electron chi connectivity index (χ0n) is 8.81. The van der Waals surface area contributed by atoms with Gasteiger partial charge in [0.1, 0.15) is 17.6 Å². The average molecular weight is 222 g/mol. The van der Waals surface area contributed by atoms with Crippen LogP contribution in [-0.4, -0.2) is 4.98 Å². The SMILES string of the molecule is N#Cc1ccc(C#Cc2cccc(F)c2)nc1. The number of nitriles is 1. The topological polar surface area (TPSA) is 36.7 Å². The van der Waals surface area contributed by atoms with Crippen molar-refractivity contribution in [1.82, 2.24) is 4.98 Å². The van der Waals surface area contributed by atoms with Gasteiger partial charge in [0.15, 0.2) is 0 Å². The first-order valence-corrected chi connectivity index (χ1v) is 4.92. The molecule has 0 spiro atoms. The minimum absolute atomic E-state index is 0.315. The number of aromatic nitrogens is 1. The number of benzene rings is 1. The van der Waals surface area contributed by atoms with Crippen molar-refractivity contribution in [2.24, 2.45) is 0 Å². The Hall–Kier alpha value is -2.65. The molecule has 3 heteroatoms. The minimum atomic E-state index is -0.315. The van der Waals surface area contributed by atoms with E-state index in [9.17, 15) is 4.39 Å². The van der Waals surface area contributed by atoms with E-state index in [1.807, 2.05) is 6.07 Å². The molecule has 0 aliphatic carbocycles. The molecule has 0 radical (unpaired) electrons. The monoisotopic (exact) mass is 222 g/mol. The number of hydrogen-bond donors (Lipinski definition) is 0. The van der Waals surface area contributed by atoms with Gasteiger partial charge in [-0.15, -0.1) is 0 Å². The van der Waals surface area contributed by atoms with Crippen molar-refractivity contribution in [2.45, 2.75) is 0 Å². The Morgan fingerprint density at radius 1 is 1.06 bits per heavy atom. The van der Waals surface area contributed by atoms with Gasteiger partial charge in [0.25, 0.3) is 0 Å². The van der Waals surface area contributed by atoms with Gasteiger partial charge in [0.05, 0.1) is 5.56 Å². The van der Waals surface area contributed by atoms with Gasteiger partial charge in [0, 0.05) is 11.8 Å². The lowest BCUT2D eigenvalue weighted by molar-refractivity contribution is 0.627. The average Bonchev–Trinajstić information content (AvgIpc) is 2.37. The van der Waals surface area contributed by atoms with Crippen LogP contribution < -0.4 is 0 Å². The summed E-state index contributed by atoms with van der Waals surface area (Å²) in [5.41, 5.74) is 1.63. The Bertz CT molecular complexity index is 628. The van der Waals surface area contributed by atoms with E-state index in [0.29, 0.717) is 16.8 Å². The van der Waals surface area contributed by atoms with Crippen molar-refractivity contribution in [3.63, 3.8) is 0 Å². The molecule has 0 saturated heterocycles. The predicted molar refractivity (Wildman–Crippen MR) is 61.3 cm³/mol. The van der Waals surface area contributed by atoms with Gasteiger partial charge in [0.2, 0.25) is 0 Å². The molecule has 0 atom stereocenters. The van der Waals surface area contributed by atoms with Crippen LogP contribution in [0, 0.1) is 29.0 Å². The maximum absolute atomic E-state index is 12.9. The Labute approximate surface area is 98.4 Å². The predicted octanol–water partition coefficient (Wildman–Crippen LogP) is 2.49. The molecule has 0 bridgehead atoms. The molecule has 1 heterocycles. The molecule has 0 saturated carbocycles. The summed E-state index contributed by atoms with van der Waals surface area (Å²) >= 11 is 0. The van der Waals surface area contributed by atoms with E-state index in [-0.39, 0.29) is 5.82 Å². The summed E-state index contributed by atoms with van der Waals surface area (Å²) in [4.78, 5) is 4.00. The van der Waals surface area contributed by atoms with Crippen molar-refractivity contribution < 1.29 is 4.39 Å². The lowest BCUT2D eigenvalue weighted by Gasteiger charge is -1.91. The fourth-order valence-electron chi connectivity index (χ4n) is 1.24. The highest BCUT2D eigenvalue weighted by Crippen LogP contribution is 2.02. The number of hydrogen-bond acceptors (Lipinski definition) is 2. The Morgan fingerprint density at radius 2 is 1.94 bits per heavy atom. The normalized spacial score (nSPS) is 8.94. The highest BCUT2D eigenvalue weighted by molar-refractivity contribution is 5.41. The highest BCUT2D eigenvalue weighted by Gasteiger charge is 1.92. The molecule has 1 aromatic carbocycles. The van der Waals surface area contributed by atoms with E-state index < -0.39 is 0 Å². The number of pyridine rings is 1. The van der Waals surface area contributed by atoms with E-state index in [4.69, 9.17) is 5.26 Å². The van der Waals surface area contributed by atoms with Gasteiger partial charge in [-0.2, -0.15) is 5.26 Å².